The second-order valence-electron chi connectivity index (χ2n) is 13.6. The lowest BCUT2D eigenvalue weighted by Gasteiger charge is -2.34. The average molecular weight is 758 g/mol. The quantitative estimate of drug-likeness (QED) is 0.0952. The number of carbonyl (C=O) groups is 1. The van der Waals surface area contributed by atoms with Crippen molar-refractivity contribution in [3.8, 4) is 23.0 Å². The van der Waals surface area contributed by atoms with Crippen LogP contribution in [0.4, 0.5) is 10.3 Å². The number of imidazole rings is 1. The monoisotopic (exact) mass is 757 g/mol. The van der Waals surface area contributed by atoms with Gasteiger partial charge >= 0.3 is 0 Å². The minimum absolute atomic E-state index is 0.0717. The maximum atomic E-state index is 13.7. The molecular weight excluding hydrogens is 709 g/mol. The van der Waals surface area contributed by atoms with Crippen molar-refractivity contribution in [2.24, 2.45) is 0 Å². The summed E-state index contributed by atoms with van der Waals surface area (Å²) in [6.45, 7) is 4.56. The van der Waals surface area contributed by atoms with E-state index in [2.05, 4.69) is 26.9 Å². The molecule has 1 fully saturated rings. The molecule has 1 aliphatic rings. The average Bonchev–Trinajstić information content (AvgIpc) is 3.54. The number of amides is 1. The van der Waals surface area contributed by atoms with Gasteiger partial charge < -0.3 is 38.6 Å². The number of aryl methyl sites for hydroxylation is 1. The summed E-state index contributed by atoms with van der Waals surface area (Å²) in [5.74, 6) is 2.50. The molecule has 1 amide bonds. The molecule has 0 aliphatic carbocycles. The predicted molar refractivity (Wildman–Crippen MR) is 211 cm³/mol. The summed E-state index contributed by atoms with van der Waals surface area (Å²) in [4.78, 5) is 23.0. The summed E-state index contributed by atoms with van der Waals surface area (Å²) < 4.78 is 37.8. The van der Waals surface area contributed by atoms with Gasteiger partial charge in [0.15, 0.2) is 11.5 Å². The maximum Gasteiger partial charge on any atom is 0.253 e. The molecule has 0 radical (unpaired) electrons. The van der Waals surface area contributed by atoms with Crippen molar-refractivity contribution in [1.29, 1.82) is 0 Å². The van der Waals surface area contributed by atoms with Gasteiger partial charge in [-0.1, -0.05) is 35.9 Å². The maximum absolute atomic E-state index is 13.7. The van der Waals surface area contributed by atoms with E-state index in [4.69, 9.17) is 35.5 Å². The zero-order chi connectivity index (χ0) is 38.0. The number of likely N-dealkylation sites (tertiary alicyclic amines) is 1. The van der Waals surface area contributed by atoms with Crippen LogP contribution in [-0.4, -0.2) is 92.5 Å². The Bertz CT molecular complexity index is 1970. The standard InChI is InChI=1S/C42H49ClFN5O5/c1-47(41(50)31-26-38(51-2)40(53-4)39(27-31)52-3)28-30(29-9-7-10-32(43)25-29)17-21-48-22-18-34(19-23-48)45-42-46-36-11-5-6-12-37(36)49(42)20-8-24-54-35-15-13-33(44)14-16-35/h5-7,9-16,25-27,30,34H,8,17-24,28H2,1-4H3,(H,45,46). The number of likely N-dealkylation sites (N-methyl/N-ethyl adjacent to an activating group) is 1. The minimum Gasteiger partial charge on any atom is -0.494 e. The molecule has 0 saturated carbocycles. The smallest absolute Gasteiger partial charge is 0.253 e. The summed E-state index contributed by atoms with van der Waals surface area (Å²) in [5.41, 5.74) is 3.60. The van der Waals surface area contributed by atoms with Gasteiger partial charge in [-0.05, 0) is 98.5 Å². The third kappa shape index (κ3) is 9.56. The van der Waals surface area contributed by atoms with Gasteiger partial charge in [-0.15, -0.1) is 0 Å². The Kier molecular flexibility index (Phi) is 13.2. The number of nitrogens with zero attached hydrogens (tertiary/aromatic N) is 4. The Hall–Kier alpha value is -5.00. The molecule has 1 unspecified atom stereocenters. The molecule has 1 saturated heterocycles. The second kappa shape index (κ2) is 18.4. The highest BCUT2D eigenvalue weighted by Gasteiger charge is 2.25. The fourth-order valence-electron chi connectivity index (χ4n) is 7.14. The van der Waals surface area contributed by atoms with E-state index in [0.29, 0.717) is 52.8 Å². The van der Waals surface area contributed by atoms with Crippen LogP contribution in [0.25, 0.3) is 11.0 Å². The first kappa shape index (κ1) is 38.7. The van der Waals surface area contributed by atoms with Crippen LogP contribution in [0.5, 0.6) is 23.0 Å². The summed E-state index contributed by atoms with van der Waals surface area (Å²) in [7, 11) is 6.44. The number of fused-ring (bicyclic) bond motifs is 1. The molecule has 0 spiro atoms. The molecule has 1 atom stereocenters. The molecule has 4 aromatic carbocycles. The third-order valence-corrected chi connectivity index (χ3v) is 10.3. The van der Waals surface area contributed by atoms with Gasteiger partial charge in [-0.25, -0.2) is 9.37 Å². The zero-order valence-electron chi connectivity index (χ0n) is 31.4. The Labute approximate surface area is 321 Å². The van der Waals surface area contributed by atoms with Crippen molar-refractivity contribution in [3.63, 3.8) is 0 Å². The van der Waals surface area contributed by atoms with Crippen LogP contribution in [0, 0.1) is 5.82 Å². The van der Waals surface area contributed by atoms with E-state index in [1.165, 1.54) is 26.4 Å². The molecule has 1 aliphatic heterocycles. The number of benzene rings is 4. The lowest BCUT2D eigenvalue weighted by Crippen LogP contribution is -2.40. The number of nitrogens with one attached hydrogen (secondary N) is 1. The lowest BCUT2D eigenvalue weighted by atomic mass is 9.94. The molecule has 286 valence electrons. The normalized spacial score (nSPS) is 14.1. The first-order valence-corrected chi connectivity index (χ1v) is 18.8. The number of ether oxygens (including phenoxy) is 4. The molecule has 0 bridgehead atoms. The van der Waals surface area contributed by atoms with Crippen LogP contribution < -0.4 is 24.3 Å². The van der Waals surface area contributed by atoms with Crippen LogP contribution >= 0.6 is 11.6 Å². The van der Waals surface area contributed by atoms with Crippen LogP contribution in [0.2, 0.25) is 5.02 Å². The van der Waals surface area contributed by atoms with E-state index in [9.17, 15) is 9.18 Å². The molecule has 6 rings (SSSR count). The number of rotatable bonds is 17. The van der Waals surface area contributed by atoms with Gasteiger partial charge in [-0.2, -0.15) is 0 Å². The van der Waals surface area contributed by atoms with E-state index in [1.54, 1.807) is 36.3 Å². The van der Waals surface area contributed by atoms with Gasteiger partial charge in [0.05, 0.1) is 39.0 Å². The van der Waals surface area contributed by atoms with Crippen molar-refractivity contribution in [2.75, 3.05) is 66.5 Å². The van der Waals surface area contributed by atoms with Gasteiger partial charge in [-0.3, -0.25) is 4.79 Å². The van der Waals surface area contributed by atoms with E-state index in [0.717, 1.165) is 74.4 Å². The Morgan fingerprint density at radius 2 is 1.67 bits per heavy atom. The van der Waals surface area contributed by atoms with E-state index < -0.39 is 0 Å². The highest BCUT2D eigenvalue weighted by atomic mass is 35.5. The molecule has 1 aromatic heterocycles. The number of hydrogen-bond acceptors (Lipinski definition) is 8. The molecule has 12 heteroatoms. The summed E-state index contributed by atoms with van der Waals surface area (Å²) >= 11 is 6.45. The van der Waals surface area contributed by atoms with E-state index in [1.807, 2.05) is 43.4 Å². The van der Waals surface area contributed by atoms with E-state index >= 15 is 0 Å². The van der Waals surface area contributed by atoms with Crippen molar-refractivity contribution < 1.29 is 28.1 Å². The molecule has 10 nitrogen and oxygen atoms in total. The number of para-hydroxylation sites is 2. The van der Waals surface area contributed by atoms with Crippen LogP contribution in [0.3, 0.4) is 0 Å². The third-order valence-electron chi connectivity index (χ3n) is 10.1. The number of anilines is 1. The second-order valence-corrected chi connectivity index (χ2v) is 14.1. The van der Waals surface area contributed by atoms with Gasteiger partial charge in [0.1, 0.15) is 11.6 Å². The number of piperidine rings is 1. The van der Waals surface area contributed by atoms with E-state index in [-0.39, 0.29) is 17.6 Å². The molecular formula is C42H49ClFN5O5. The van der Waals surface area contributed by atoms with Gasteiger partial charge in [0, 0.05) is 55.8 Å². The summed E-state index contributed by atoms with van der Waals surface area (Å²) in [5, 5.41) is 4.43. The van der Waals surface area contributed by atoms with Crippen LogP contribution in [-0.2, 0) is 6.54 Å². The van der Waals surface area contributed by atoms with Crippen molar-refractivity contribution in [3.05, 3.63) is 107 Å². The SMILES string of the molecule is COc1cc(C(=O)N(C)CC(CCN2CCC(Nc3nc4ccccc4n3CCCOc3ccc(F)cc3)CC2)c2cccc(Cl)c2)cc(OC)c1OC. The highest BCUT2D eigenvalue weighted by Crippen LogP contribution is 2.38. The fraction of sp³-hybridized carbons (Fsp3) is 0.381. The summed E-state index contributed by atoms with van der Waals surface area (Å²) in [6, 6.07) is 25.9. The number of hydrogen-bond donors (Lipinski definition) is 1. The molecule has 54 heavy (non-hydrogen) atoms. The number of methoxy groups -OCH3 is 3. The highest BCUT2D eigenvalue weighted by molar-refractivity contribution is 6.30. The largest absolute Gasteiger partial charge is 0.494 e. The first-order valence-electron chi connectivity index (χ1n) is 18.4. The van der Waals surface area contributed by atoms with Crippen LogP contribution in [0.1, 0.15) is 47.5 Å². The van der Waals surface area contributed by atoms with Gasteiger partial charge in [0.25, 0.3) is 5.91 Å². The van der Waals surface area contributed by atoms with Gasteiger partial charge in [0.2, 0.25) is 11.7 Å². The molecule has 2 heterocycles. The number of halogens is 2. The lowest BCUT2D eigenvalue weighted by molar-refractivity contribution is 0.0781. The fourth-order valence-corrected chi connectivity index (χ4v) is 7.34. The Balaban J connectivity index is 1.06. The molecule has 1 N–H and O–H groups in total. The van der Waals surface area contributed by atoms with Crippen molar-refractivity contribution in [2.45, 2.75) is 44.2 Å². The summed E-state index contributed by atoms with van der Waals surface area (Å²) in [6.07, 6.45) is 3.61. The van der Waals surface area contributed by atoms with Crippen LogP contribution in [0.15, 0.2) is 84.9 Å². The Morgan fingerprint density at radius 1 is 0.944 bits per heavy atom. The van der Waals surface area contributed by atoms with Crippen molar-refractivity contribution >= 4 is 34.5 Å². The number of carbonyl (C=O) groups excluding carboxylic acids is 1. The zero-order valence-corrected chi connectivity index (χ0v) is 32.2. The minimum atomic E-state index is -0.276. The molecule has 5 aromatic rings. The van der Waals surface area contributed by atoms with Crippen molar-refractivity contribution in [1.82, 2.24) is 19.4 Å². The topological polar surface area (TPSA) is 90.3 Å². The predicted octanol–water partition coefficient (Wildman–Crippen LogP) is 8.15. The number of aromatic nitrogens is 2. The first-order chi connectivity index (χ1) is 26.3. The Morgan fingerprint density at radius 3 is 2.35 bits per heavy atom.